The summed E-state index contributed by atoms with van der Waals surface area (Å²) in [6.07, 6.45) is 6.59. The smallest absolute Gasteiger partial charge is 0.0532 e. The highest BCUT2D eigenvalue weighted by Gasteiger charge is 2.19. The van der Waals surface area contributed by atoms with Gasteiger partial charge in [-0.1, -0.05) is 30.2 Å². The second-order valence-corrected chi connectivity index (χ2v) is 5.73. The molecule has 0 aliphatic carbocycles. The fourth-order valence-electron chi connectivity index (χ4n) is 2.39. The predicted molar refractivity (Wildman–Crippen MR) is 82.5 cm³/mol. The molecule has 2 aromatic carbocycles. The van der Waals surface area contributed by atoms with Gasteiger partial charge < -0.3 is 5.32 Å². The maximum Gasteiger partial charge on any atom is 0.0532 e. The van der Waals surface area contributed by atoms with E-state index in [1.807, 2.05) is 30.0 Å². The van der Waals surface area contributed by atoms with E-state index in [0.717, 1.165) is 23.4 Å². The third kappa shape index (κ3) is 2.62. The van der Waals surface area contributed by atoms with E-state index in [2.05, 4.69) is 41.6 Å². The Hall–Kier alpha value is -1.85. The van der Waals surface area contributed by atoms with Gasteiger partial charge in [-0.2, -0.15) is 0 Å². The van der Waals surface area contributed by atoms with Crippen molar-refractivity contribution in [2.24, 2.45) is 0 Å². The van der Waals surface area contributed by atoms with Gasteiger partial charge in [0.25, 0.3) is 0 Å². The van der Waals surface area contributed by atoms with E-state index < -0.39 is 0 Å². The molecule has 94 valence electrons. The van der Waals surface area contributed by atoms with Crippen molar-refractivity contribution in [2.75, 3.05) is 11.1 Å². The summed E-state index contributed by atoms with van der Waals surface area (Å²) < 4.78 is 0. The lowest BCUT2D eigenvalue weighted by Gasteiger charge is -2.26. The molecule has 1 aliphatic heterocycles. The Bertz CT molecular complexity index is 627. The predicted octanol–water partition coefficient (Wildman–Crippen LogP) is 4.32. The Labute approximate surface area is 118 Å². The number of rotatable bonds is 2. The molecular formula is C17H15NS. The number of benzene rings is 2. The van der Waals surface area contributed by atoms with Crippen molar-refractivity contribution in [3.8, 4) is 12.3 Å². The fraction of sp³-hybridized carbons (Fsp3) is 0.176. The summed E-state index contributed by atoms with van der Waals surface area (Å²) in [5.74, 6) is 3.84. The van der Waals surface area contributed by atoms with Gasteiger partial charge in [0, 0.05) is 21.9 Å². The van der Waals surface area contributed by atoms with Crippen LogP contribution in [-0.4, -0.2) is 5.75 Å². The number of fused-ring (bicyclic) bond motifs is 1. The van der Waals surface area contributed by atoms with Crippen LogP contribution in [0, 0.1) is 12.3 Å². The van der Waals surface area contributed by atoms with E-state index >= 15 is 0 Å². The number of terminal acetylenes is 1. The molecule has 0 amide bonds. The van der Waals surface area contributed by atoms with Gasteiger partial charge in [0.05, 0.1) is 6.04 Å². The molecule has 1 heterocycles. The molecule has 2 heteroatoms. The highest BCUT2D eigenvalue weighted by Crippen LogP contribution is 2.37. The Kier molecular flexibility index (Phi) is 3.48. The molecule has 1 nitrogen and oxygen atoms in total. The van der Waals surface area contributed by atoms with Crippen LogP contribution in [0.5, 0.6) is 0 Å². The molecule has 0 radical (unpaired) electrons. The van der Waals surface area contributed by atoms with Crippen molar-refractivity contribution >= 4 is 17.4 Å². The molecule has 1 N–H and O–H groups in total. The molecule has 0 bridgehead atoms. The largest absolute Gasteiger partial charge is 0.378 e. The summed E-state index contributed by atoms with van der Waals surface area (Å²) in [6.45, 7) is 0. The van der Waals surface area contributed by atoms with Gasteiger partial charge in [-0.05, 0) is 36.2 Å². The second kappa shape index (κ2) is 5.42. The van der Waals surface area contributed by atoms with Gasteiger partial charge >= 0.3 is 0 Å². The highest BCUT2D eigenvalue weighted by atomic mass is 32.2. The standard InChI is InChI=1S/C17H15NS/c1-2-13-6-5-7-14(12-13)18-16-10-11-19-17-9-4-3-8-15(16)17/h1,3-9,12,16,18H,10-11H2. The monoisotopic (exact) mass is 265 g/mol. The maximum atomic E-state index is 5.45. The van der Waals surface area contributed by atoms with Crippen molar-refractivity contribution in [1.29, 1.82) is 0 Å². The molecule has 1 unspecified atom stereocenters. The van der Waals surface area contributed by atoms with Crippen LogP contribution in [0.15, 0.2) is 53.4 Å². The van der Waals surface area contributed by atoms with Gasteiger partial charge in [-0.3, -0.25) is 0 Å². The van der Waals surface area contributed by atoms with Crippen molar-refractivity contribution < 1.29 is 0 Å². The van der Waals surface area contributed by atoms with Crippen LogP contribution >= 0.6 is 11.8 Å². The Morgan fingerprint density at radius 1 is 1.16 bits per heavy atom. The van der Waals surface area contributed by atoms with Crippen LogP contribution in [0.1, 0.15) is 23.6 Å². The number of anilines is 1. The minimum Gasteiger partial charge on any atom is -0.378 e. The van der Waals surface area contributed by atoms with Crippen LogP contribution in [-0.2, 0) is 0 Å². The number of hydrogen-bond acceptors (Lipinski definition) is 2. The minimum atomic E-state index is 0.380. The van der Waals surface area contributed by atoms with Crippen molar-refractivity contribution in [2.45, 2.75) is 17.4 Å². The first kappa shape index (κ1) is 12.2. The van der Waals surface area contributed by atoms with Crippen molar-refractivity contribution in [3.05, 3.63) is 59.7 Å². The summed E-state index contributed by atoms with van der Waals surface area (Å²) in [7, 11) is 0. The molecule has 1 atom stereocenters. The second-order valence-electron chi connectivity index (χ2n) is 4.60. The van der Waals surface area contributed by atoms with E-state index in [9.17, 15) is 0 Å². The topological polar surface area (TPSA) is 12.0 Å². The molecule has 19 heavy (non-hydrogen) atoms. The third-order valence-electron chi connectivity index (χ3n) is 3.33. The van der Waals surface area contributed by atoms with E-state index in [-0.39, 0.29) is 0 Å². The third-order valence-corrected chi connectivity index (χ3v) is 4.45. The van der Waals surface area contributed by atoms with Crippen molar-refractivity contribution in [3.63, 3.8) is 0 Å². The van der Waals surface area contributed by atoms with Gasteiger partial charge in [0.1, 0.15) is 0 Å². The van der Waals surface area contributed by atoms with E-state index in [1.165, 1.54) is 10.5 Å². The van der Waals surface area contributed by atoms with Gasteiger partial charge in [-0.15, -0.1) is 18.2 Å². The summed E-state index contributed by atoms with van der Waals surface area (Å²) in [4.78, 5) is 1.39. The first-order chi connectivity index (χ1) is 9.36. The molecule has 1 aliphatic rings. The number of nitrogens with one attached hydrogen (secondary N) is 1. The highest BCUT2D eigenvalue weighted by molar-refractivity contribution is 7.99. The molecule has 3 rings (SSSR count). The average Bonchev–Trinajstić information content (AvgIpc) is 2.48. The lowest BCUT2D eigenvalue weighted by Crippen LogP contribution is -2.15. The summed E-state index contributed by atoms with van der Waals surface area (Å²) in [5.41, 5.74) is 3.41. The number of thioether (sulfide) groups is 1. The Balaban J connectivity index is 1.86. The van der Waals surface area contributed by atoms with Gasteiger partial charge in [-0.25, -0.2) is 0 Å². The van der Waals surface area contributed by atoms with Gasteiger partial charge in [0.15, 0.2) is 0 Å². The SMILES string of the molecule is C#Cc1cccc(NC2CCSc3ccccc32)c1. The summed E-state index contributed by atoms with van der Waals surface area (Å²) >= 11 is 1.94. The van der Waals surface area contributed by atoms with Crippen LogP contribution in [0.25, 0.3) is 0 Å². The first-order valence-corrected chi connectivity index (χ1v) is 7.40. The molecule has 0 saturated heterocycles. The van der Waals surface area contributed by atoms with Crippen LogP contribution in [0.2, 0.25) is 0 Å². The zero-order valence-corrected chi connectivity index (χ0v) is 11.4. The molecule has 0 saturated carbocycles. The summed E-state index contributed by atoms with van der Waals surface area (Å²) in [6, 6.07) is 17.1. The Morgan fingerprint density at radius 2 is 2.05 bits per heavy atom. The molecule has 0 fully saturated rings. The lowest BCUT2D eigenvalue weighted by atomic mass is 10.0. The zero-order chi connectivity index (χ0) is 13.1. The van der Waals surface area contributed by atoms with Crippen LogP contribution in [0.3, 0.4) is 0 Å². The zero-order valence-electron chi connectivity index (χ0n) is 10.6. The van der Waals surface area contributed by atoms with Gasteiger partial charge in [0.2, 0.25) is 0 Å². The maximum absolute atomic E-state index is 5.45. The molecule has 2 aromatic rings. The lowest BCUT2D eigenvalue weighted by molar-refractivity contribution is 0.728. The van der Waals surface area contributed by atoms with E-state index in [1.54, 1.807) is 0 Å². The van der Waals surface area contributed by atoms with Crippen molar-refractivity contribution in [1.82, 2.24) is 0 Å². The Morgan fingerprint density at radius 3 is 2.95 bits per heavy atom. The molecule has 0 aromatic heterocycles. The van der Waals surface area contributed by atoms with E-state index in [0.29, 0.717) is 6.04 Å². The van der Waals surface area contributed by atoms with Crippen LogP contribution < -0.4 is 5.32 Å². The minimum absolute atomic E-state index is 0.380. The van der Waals surface area contributed by atoms with E-state index in [4.69, 9.17) is 6.42 Å². The first-order valence-electron chi connectivity index (χ1n) is 6.42. The molecule has 0 spiro atoms. The average molecular weight is 265 g/mol. The fourth-order valence-corrected chi connectivity index (χ4v) is 3.52. The molecular weight excluding hydrogens is 250 g/mol. The summed E-state index contributed by atoms with van der Waals surface area (Å²) in [5, 5.41) is 3.60. The normalized spacial score (nSPS) is 17.3. The van der Waals surface area contributed by atoms with Crippen LogP contribution in [0.4, 0.5) is 5.69 Å². The quantitative estimate of drug-likeness (QED) is 0.812. The number of hydrogen-bond donors (Lipinski definition) is 1.